The molecule has 0 aliphatic carbocycles. The van der Waals surface area contributed by atoms with E-state index in [2.05, 4.69) is 34.0 Å². The predicted octanol–water partition coefficient (Wildman–Crippen LogP) is 3.73. The Hall–Kier alpha value is -2.95. The van der Waals surface area contributed by atoms with E-state index in [1.807, 2.05) is 48.5 Å². The molecular formula is C19H20N4O. The van der Waals surface area contributed by atoms with Crippen LogP contribution in [0.3, 0.4) is 0 Å². The van der Waals surface area contributed by atoms with E-state index in [0.717, 1.165) is 30.0 Å². The molecule has 0 unspecified atom stereocenters. The quantitative estimate of drug-likeness (QED) is 0.778. The molecule has 1 heterocycles. The van der Waals surface area contributed by atoms with Crippen molar-refractivity contribution in [2.24, 2.45) is 0 Å². The highest BCUT2D eigenvalue weighted by Gasteiger charge is 2.10. The summed E-state index contributed by atoms with van der Waals surface area (Å²) in [6.45, 7) is 6.15. The molecule has 2 aromatic carbocycles. The molecule has 0 saturated heterocycles. The Kier molecular flexibility index (Phi) is 4.70. The van der Waals surface area contributed by atoms with Crippen LogP contribution in [0, 0.1) is 0 Å². The Morgan fingerprint density at radius 2 is 1.67 bits per heavy atom. The molecule has 0 radical (unpaired) electrons. The summed E-state index contributed by atoms with van der Waals surface area (Å²) in [5, 5.41) is 2.87. The standard InChI is InChI=1S/C19H20N4O/c1-3-23(4-2)15-11-9-14(10-12-15)21-19(24)18-13-20-16-7-5-6-8-17(16)22-18/h5-13H,3-4H2,1-2H3,(H,21,24). The second-order valence-corrected chi connectivity index (χ2v) is 5.42. The lowest BCUT2D eigenvalue weighted by atomic mass is 10.2. The first-order valence-corrected chi connectivity index (χ1v) is 8.09. The molecule has 0 fully saturated rings. The fraction of sp³-hybridized carbons (Fsp3) is 0.211. The van der Waals surface area contributed by atoms with Gasteiger partial charge in [0.2, 0.25) is 0 Å². The Morgan fingerprint density at radius 3 is 2.33 bits per heavy atom. The lowest BCUT2D eigenvalue weighted by Gasteiger charge is -2.21. The van der Waals surface area contributed by atoms with Gasteiger partial charge in [-0.25, -0.2) is 4.98 Å². The summed E-state index contributed by atoms with van der Waals surface area (Å²) in [5.41, 5.74) is 3.68. The molecule has 3 aromatic rings. The molecule has 1 aromatic heterocycles. The van der Waals surface area contributed by atoms with Crippen LogP contribution in [0.15, 0.2) is 54.7 Å². The Bertz CT molecular complexity index is 841. The Balaban J connectivity index is 1.76. The molecular weight excluding hydrogens is 300 g/mol. The molecule has 5 heteroatoms. The van der Waals surface area contributed by atoms with Crippen LogP contribution in [0.1, 0.15) is 24.3 Å². The second kappa shape index (κ2) is 7.08. The number of nitrogens with zero attached hydrogens (tertiary/aromatic N) is 3. The van der Waals surface area contributed by atoms with Gasteiger partial charge in [-0.3, -0.25) is 9.78 Å². The van der Waals surface area contributed by atoms with Gasteiger partial charge in [0.25, 0.3) is 5.91 Å². The minimum atomic E-state index is -0.260. The van der Waals surface area contributed by atoms with Crippen LogP contribution < -0.4 is 10.2 Å². The van der Waals surface area contributed by atoms with E-state index in [0.29, 0.717) is 11.2 Å². The average molecular weight is 320 g/mol. The van der Waals surface area contributed by atoms with E-state index in [1.54, 1.807) is 0 Å². The molecule has 3 rings (SSSR count). The summed E-state index contributed by atoms with van der Waals surface area (Å²) < 4.78 is 0. The zero-order valence-electron chi connectivity index (χ0n) is 13.9. The first-order valence-electron chi connectivity index (χ1n) is 8.09. The van der Waals surface area contributed by atoms with Crippen LogP contribution in [-0.4, -0.2) is 29.0 Å². The Morgan fingerprint density at radius 1 is 1.00 bits per heavy atom. The van der Waals surface area contributed by atoms with Gasteiger partial charge in [-0.1, -0.05) is 12.1 Å². The van der Waals surface area contributed by atoms with Crippen molar-refractivity contribution >= 4 is 28.3 Å². The number of anilines is 2. The zero-order chi connectivity index (χ0) is 16.9. The number of benzene rings is 2. The number of hydrogen-bond donors (Lipinski definition) is 1. The van der Waals surface area contributed by atoms with E-state index in [1.165, 1.54) is 6.20 Å². The van der Waals surface area contributed by atoms with Crippen LogP contribution in [0.4, 0.5) is 11.4 Å². The molecule has 0 saturated carbocycles. The number of carbonyl (C=O) groups excluding carboxylic acids is 1. The third kappa shape index (κ3) is 3.35. The topological polar surface area (TPSA) is 58.1 Å². The lowest BCUT2D eigenvalue weighted by molar-refractivity contribution is 0.102. The summed E-state index contributed by atoms with van der Waals surface area (Å²) in [4.78, 5) is 23.2. The number of aromatic nitrogens is 2. The number of hydrogen-bond acceptors (Lipinski definition) is 4. The normalized spacial score (nSPS) is 10.6. The van der Waals surface area contributed by atoms with Crippen LogP contribution in [0.25, 0.3) is 11.0 Å². The molecule has 0 bridgehead atoms. The number of nitrogens with one attached hydrogen (secondary N) is 1. The monoisotopic (exact) mass is 320 g/mol. The van der Waals surface area contributed by atoms with E-state index in [9.17, 15) is 4.79 Å². The molecule has 1 N–H and O–H groups in total. The average Bonchev–Trinajstić information content (AvgIpc) is 2.63. The van der Waals surface area contributed by atoms with Crippen molar-refractivity contribution in [3.63, 3.8) is 0 Å². The molecule has 24 heavy (non-hydrogen) atoms. The SMILES string of the molecule is CCN(CC)c1ccc(NC(=O)c2cnc3ccccc3n2)cc1. The minimum Gasteiger partial charge on any atom is -0.372 e. The van der Waals surface area contributed by atoms with Crippen molar-refractivity contribution in [3.8, 4) is 0 Å². The van der Waals surface area contributed by atoms with Gasteiger partial charge < -0.3 is 10.2 Å². The first kappa shape index (κ1) is 15.9. The molecule has 0 spiro atoms. The van der Waals surface area contributed by atoms with Gasteiger partial charge >= 0.3 is 0 Å². The maximum Gasteiger partial charge on any atom is 0.275 e. The molecule has 122 valence electrons. The van der Waals surface area contributed by atoms with Crippen molar-refractivity contribution in [1.82, 2.24) is 9.97 Å². The third-order valence-corrected chi connectivity index (χ3v) is 3.93. The first-order chi connectivity index (χ1) is 11.7. The fourth-order valence-corrected chi connectivity index (χ4v) is 2.61. The van der Waals surface area contributed by atoms with Gasteiger partial charge in [-0.15, -0.1) is 0 Å². The molecule has 5 nitrogen and oxygen atoms in total. The molecule has 1 amide bonds. The highest BCUT2D eigenvalue weighted by atomic mass is 16.1. The van der Waals surface area contributed by atoms with Crippen LogP contribution in [0.2, 0.25) is 0 Å². The fourth-order valence-electron chi connectivity index (χ4n) is 2.61. The van der Waals surface area contributed by atoms with E-state index in [4.69, 9.17) is 0 Å². The van der Waals surface area contributed by atoms with Crippen LogP contribution >= 0.6 is 0 Å². The van der Waals surface area contributed by atoms with Gasteiger partial charge in [0.1, 0.15) is 5.69 Å². The van der Waals surface area contributed by atoms with Crippen molar-refractivity contribution in [2.75, 3.05) is 23.3 Å². The van der Waals surface area contributed by atoms with Crippen molar-refractivity contribution in [2.45, 2.75) is 13.8 Å². The second-order valence-electron chi connectivity index (χ2n) is 5.42. The van der Waals surface area contributed by atoms with Crippen molar-refractivity contribution < 1.29 is 4.79 Å². The summed E-state index contributed by atoms with van der Waals surface area (Å²) in [6, 6.07) is 15.3. The predicted molar refractivity (Wildman–Crippen MR) is 97.5 cm³/mol. The zero-order valence-corrected chi connectivity index (χ0v) is 13.9. The third-order valence-electron chi connectivity index (χ3n) is 3.93. The van der Waals surface area contributed by atoms with Crippen LogP contribution in [0.5, 0.6) is 0 Å². The lowest BCUT2D eigenvalue weighted by Crippen LogP contribution is -2.21. The maximum absolute atomic E-state index is 12.4. The Labute approximate surface area is 141 Å². The summed E-state index contributed by atoms with van der Waals surface area (Å²) in [5.74, 6) is -0.260. The van der Waals surface area contributed by atoms with Gasteiger partial charge in [-0.05, 0) is 50.2 Å². The highest BCUT2D eigenvalue weighted by Crippen LogP contribution is 2.18. The van der Waals surface area contributed by atoms with E-state index >= 15 is 0 Å². The summed E-state index contributed by atoms with van der Waals surface area (Å²) in [6.07, 6.45) is 1.50. The van der Waals surface area contributed by atoms with Crippen LogP contribution in [-0.2, 0) is 0 Å². The number of fused-ring (bicyclic) bond motifs is 1. The van der Waals surface area contributed by atoms with Gasteiger partial charge in [0.15, 0.2) is 0 Å². The smallest absolute Gasteiger partial charge is 0.275 e. The van der Waals surface area contributed by atoms with Crippen molar-refractivity contribution in [3.05, 3.63) is 60.4 Å². The van der Waals surface area contributed by atoms with E-state index in [-0.39, 0.29) is 5.91 Å². The van der Waals surface area contributed by atoms with Crippen molar-refractivity contribution in [1.29, 1.82) is 0 Å². The number of rotatable bonds is 5. The minimum absolute atomic E-state index is 0.260. The number of para-hydroxylation sites is 2. The van der Waals surface area contributed by atoms with Gasteiger partial charge in [0, 0.05) is 24.5 Å². The number of carbonyl (C=O) groups is 1. The molecule has 0 aliphatic heterocycles. The summed E-state index contributed by atoms with van der Waals surface area (Å²) in [7, 11) is 0. The maximum atomic E-state index is 12.4. The molecule has 0 atom stereocenters. The van der Waals surface area contributed by atoms with Gasteiger partial charge in [0.05, 0.1) is 17.2 Å². The van der Waals surface area contributed by atoms with E-state index < -0.39 is 0 Å². The summed E-state index contributed by atoms with van der Waals surface area (Å²) >= 11 is 0. The van der Waals surface area contributed by atoms with Gasteiger partial charge in [-0.2, -0.15) is 0 Å². The molecule has 0 aliphatic rings. The number of amides is 1. The largest absolute Gasteiger partial charge is 0.372 e. The highest BCUT2D eigenvalue weighted by molar-refractivity contribution is 6.03.